The molecule has 5 amide bonds. The lowest BCUT2D eigenvalue weighted by molar-refractivity contribution is -0.503. The van der Waals surface area contributed by atoms with Crippen LogP contribution >= 0.6 is 0 Å². The molecule has 3 N–H and O–H groups in total. The molecule has 1 saturated heterocycles. The molecule has 5 atom stereocenters. The highest BCUT2D eigenvalue weighted by atomic mass is 16.5. The smallest absolute Gasteiger partial charge is 0.407 e. The van der Waals surface area contributed by atoms with Gasteiger partial charge in [0.1, 0.15) is 18.1 Å². The molecular formula is C36H56N8O7. The van der Waals surface area contributed by atoms with Gasteiger partial charge in [0, 0.05) is 27.1 Å². The lowest BCUT2D eigenvalue weighted by Crippen LogP contribution is -2.57. The lowest BCUT2D eigenvalue weighted by atomic mass is 9.83. The number of nitrogens with one attached hydrogen (secondary N) is 3. The zero-order valence-corrected chi connectivity index (χ0v) is 30.9. The Labute approximate surface area is 301 Å². The third-order valence-corrected chi connectivity index (χ3v) is 9.07. The number of likely N-dealkylation sites (N-methyl/N-ethyl adjacent to an activating group) is 1. The Bertz CT molecular complexity index is 1380. The first-order valence-corrected chi connectivity index (χ1v) is 18.1. The number of hydroxylamine groups is 1. The van der Waals surface area contributed by atoms with Crippen LogP contribution in [-0.4, -0.2) is 103 Å². The van der Waals surface area contributed by atoms with Crippen LogP contribution in [0.25, 0.3) is 0 Å². The number of benzene rings is 1. The highest BCUT2D eigenvalue weighted by molar-refractivity contribution is 5.92. The number of ether oxygens (including phenoxy) is 1. The van der Waals surface area contributed by atoms with Crippen molar-refractivity contribution in [2.75, 3.05) is 33.8 Å². The molecule has 2 aliphatic rings. The number of azo groups is 1. The van der Waals surface area contributed by atoms with Gasteiger partial charge in [-0.05, 0) is 42.6 Å². The number of alkyl carbamates (subject to hydrolysis) is 1. The molecule has 0 bridgehead atoms. The minimum atomic E-state index is -0.999. The number of amides is 5. The maximum Gasteiger partial charge on any atom is 0.407 e. The van der Waals surface area contributed by atoms with E-state index in [0.717, 1.165) is 38.4 Å². The zero-order chi connectivity index (χ0) is 37.5. The number of likely N-dealkylation sites (tertiary alicyclic amines) is 1. The molecule has 282 valence electrons. The third kappa shape index (κ3) is 12.6. The van der Waals surface area contributed by atoms with Crippen molar-refractivity contribution in [1.29, 1.82) is 0 Å². The molecule has 0 radical (unpaired) electrons. The van der Waals surface area contributed by atoms with Gasteiger partial charge in [0.05, 0.1) is 11.7 Å². The predicted molar refractivity (Wildman–Crippen MR) is 191 cm³/mol. The molecule has 15 heteroatoms. The summed E-state index contributed by atoms with van der Waals surface area (Å²) in [6.45, 7) is 7.82. The molecular weight excluding hydrogens is 656 g/mol. The van der Waals surface area contributed by atoms with E-state index in [1.807, 2.05) is 27.7 Å². The van der Waals surface area contributed by atoms with Crippen molar-refractivity contribution >= 4 is 36.1 Å². The van der Waals surface area contributed by atoms with Crippen molar-refractivity contribution in [3.8, 4) is 0 Å². The summed E-state index contributed by atoms with van der Waals surface area (Å²) < 4.78 is 5.81. The first-order chi connectivity index (χ1) is 24.3. The standard InChI is InChI=1S/C36H56N8O7/c1-7-14-29(44(50)23-38-37-20-30(45)40-31(34(47)42(5)6)26-15-10-8-11-16-26)39-33(46)28-19-25(4)21-43(28)35(48)32(27-17-12-9-13-18-27)41-36(49)51-22-24(2)3/h8,10-11,15-16,23-25,27-29,31-32H,7,9,12-14,17-22H2,1-6H3,(H,39,46)(H,40,45)(H,41,49)/b38-37?,44-23-/t25-,28+,29?,31?,32+/m1/s1. The molecule has 15 nitrogen and oxygen atoms in total. The number of hydrogen-bond donors (Lipinski definition) is 3. The third-order valence-electron chi connectivity index (χ3n) is 9.07. The van der Waals surface area contributed by atoms with Gasteiger partial charge in [0.2, 0.25) is 23.6 Å². The molecule has 1 heterocycles. The van der Waals surface area contributed by atoms with Crippen LogP contribution in [0.4, 0.5) is 4.79 Å². The highest BCUT2D eigenvalue weighted by Gasteiger charge is 2.43. The van der Waals surface area contributed by atoms with Gasteiger partial charge in [-0.25, -0.2) is 9.53 Å². The average molecular weight is 713 g/mol. The molecule has 51 heavy (non-hydrogen) atoms. The number of nitrogens with zero attached hydrogens (tertiary/aromatic N) is 5. The van der Waals surface area contributed by atoms with Crippen molar-refractivity contribution < 1.29 is 33.4 Å². The van der Waals surface area contributed by atoms with Crippen LogP contribution in [-0.2, 0) is 23.9 Å². The van der Waals surface area contributed by atoms with Crippen LogP contribution in [0.5, 0.6) is 0 Å². The van der Waals surface area contributed by atoms with Crippen LogP contribution < -0.4 is 16.0 Å². The van der Waals surface area contributed by atoms with Crippen molar-refractivity contribution in [2.24, 2.45) is 28.0 Å². The van der Waals surface area contributed by atoms with Crippen LogP contribution in [0, 0.1) is 23.0 Å². The molecule has 2 unspecified atom stereocenters. The molecule has 0 aromatic heterocycles. The fraction of sp³-hybridized carbons (Fsp3) is 0.667. The summed E-state index contributed by atoms with van der Waals surface area (Å²) in [4.78, 5) is 68.8. The van der Waals surface area contributed by atoms with Crippen molar-refractivity contribution in [3.63, 3.8) is 0 Å². The summed E-state index contributed by atoms with van der Waals surface area (Å²) in [5.74, 6) is -1.58. The molecule has 1 aromatic carbocycles. The number of carbonyl (C=O) groups excluding carboxylic acids is 5. The quantitative estimate of drug-likeness (QED) is 0.0443. The Morgan fingerprint density at radius 3 is 2.37 bits per heavy atom. The van der Waals surface area contributed by atoms with Gasteiger partial charge in [-0.3, -0.25) is 19.2 Å². The van der Waals surface area contributed by atoms with Gasteiger partial charge in [-0.1, -0.05) is 88.8 Å². The Hall–Kier alpha value is -4.56. The minimum Gasteiger partial charge on any atom is -0.714 e. The summed E-state index contributed by atoms with van der Waals surface area (Å²) in [6, 6.07) is 6.25. The van der Waals surface area contributed by atoms with Crippen molar-refractivity contribution in [3.05, 3.63) is 41.1 Å². The fourth-order valence-corrected chi connectivity index (χ4v) is 6.44. The van der Waals surface area contributed by atoms with E-state index in [-0.39, 0.29) is 42.6 Å². The van der Waals surface area contributed by atoms with Gasteiger partial charge >= 0.3 is 12.4 Å². The molecule has 1 aliphatic heterocycles. The van der Waals surface area contributed by atoms with Crippen molar-refractivity contribution in [2.45, 2.75) is 103 Å². The zero-order valence-electron chi connectivity index (χ0n) is 30.9. The van der Waals surface area contributed by atoms with Gasteiger partial charge in [-0.15, -0.1) is 0 Å². The van der Waals surface area contributed by atoms with Crippen molar-refractivity contribution in [1.82, 2.24) is 25.8 Å². The summed E-state index contributed by atoms with van der Waals surface area (Å²) >= 11 is 0. The van der Waals surface area contributed by atoms with Crippen LogP contribution in [0.2, 0.25) is 0 Å². The lowest BCUT2D eigenvalue weighted by Gasteiger charge is -2.34. The van der Waals surface area contributed by atoms with E-state index >= 15 is 0 Å². The Morgan fingerprint density at radius 2 is 1.75 bits per heavy atom. The molecule has 1 saturated carbocycles. The minimum absolute atomic E-state index is 0.0265. The predicted octanol–water partition coefficient (Wildman–Crippen LogP) is 3.73. The van der Waals surface area contributed by atoms with E-state index in [2.05, 4.69) is 26.2 Å². The first-order valence-electron chi connectivity index (χ1n) is 18.1. The molecule has 1 aromatic rings. The second-order valence-corrected chi connectivity index (χ2v) is 14.2. The van der Waals surface area contributed by atoms with E-state index in [0.29, 0.717) is 29.7 Å². The Kier molecular flexibility index (Phi) is 16.3. The van der Waals surface area contributed by atoms with E-state index in [9.17, 15) is 29.2 Å². The average Bonchev–Trinajstić information content (AvgIpc) is 3.51. The molecule has 3 rings (SSSR count). The summed E-state index contributed by atoms with van der Waals surface area (Å²) in [6.07, 6.45) is 5.07. The van der Waals surface area contributed by atoms with E-state index in [1.54, 1.807) is 44.4 Å². The Morgan fingerprint density at radius 1 is 1.06 bits per heavy atom. The number of rotatable bonds is 16. The largest absolute Gasteiger partial charge is 0.714 e. The summed E-state index contributed by atoms with van der Waals surface area (Å²) in [5.41, 5.74) is 0.610. The fourth-order valence-electron chi connectivity index (χ4n) is 6.44. The maximum atomic E-state index is 14.1. The Balaban J connectivity index is 1.67. The molecule has 0 spiro atoms. The normalized spacial score (nSPS) is 20.1. The van der Waals surface area contributed by atoms with E-state index in [4.69, 9.17) is 4.74 Å². The van der Waals surface area contributed by atoms with Crippen LogP contribution in [0.15, 0.2) is 40.6 Å². The SMILES string of the molecule is CCCC(NC(=O)[C@@H]1C[C@@H](C)CN1C(=O)[C@@H](NC(=O)OCC(C)C)C1CCCCC1)/[N+]([O-])=C/N=NCC(=O)NC(C(=O)N(C)C)c1ccccc1. The van der Waals surface area contributed by atoms with E-state index in [1.165, 1.54) is 9.80 Å². The topological polar surface area (TPSA) is 188 Å². The second kappa shape index (κ2) is 20.3. The second-order valence-electron chi connectivity index (χ2n) is 14.2. The monoisotopic (exact) mass is 712 g/mol. The van der Waals surface area contributed by atoms with Gasteiger partial charge in [0.25, 0.3) is 0 Å². The maximum absolute atomic E-state index is 14.1. The van der Waals surface area contributed by atoms with Gasteiger partial charge in [0.15, 0.2) is 12.7 Å². The summed E-state index contributed by atoms with van der Waals surface area (Å²) in [5, 5.41) is 28.9. The van der Waals surface area contributed by atoms with E-state index < -0.39 is 48.7 Å². The molecule has 1 aliphatic carbocycles. The number of carbonyl (C=O) groups is 5. The van der Waals surface area contributed by atoms with Crippen LogP contribution in [0.3, 0.4) is 0 Å². The van der Waals surface area contributed by atoms with Gasteiger partial charge in [-0.2, -0.15) is 0 Å². The van der Waals surface area contributed by atoms with Crippen LogP contribution in [0.1, 0.15) is 90.7 Å². The first kappa shape index (κ1) is 40.9. The summed E-state index contributed by atoms with van der Waals surface area (Å²) in [7, 11) is 3.18. The highest BCUT2D eigenvalue weighted by Crippen LogP contribution is 2.31. The number of hydrogen-bond acceptors (Lipinski definition) is 8. The van der Waals surface area contributed by atoms with Gasteiger partial charge < -0.3 is 35.7 Å². The molecule has 2 fully saturated rings.